The molecule has 1 aromatic heterocycles. The molecule has 1 aromatic carbocycles. The zero-order valence-electron chi connectivity index (χ0n) is 13.9. The first-order valence-corrected chi connectivity index (χ1v) is 8.35. The Kier molecular flexibility index (Phi) is 4.73. The van der Waals surface area contributed by atoms with Crippen LogP contribution < -0.4 is 11.1 Å². The van der Waals surface area contributed by atoms with Gasteiger partial charge in [-0.2, -0.15) is 13.2 Å². The normalized spacial score (nSPS) is 21.5. The number of carbonyl (C=O) groups excluding carboxylic acids is 1. The second-order valence-electron chi connectivity index (χ2n) is 6.66. The number of rotatable bonds is 3. The van der Waals surface area contributed by atoms with E-state index in [2.05, 4.69) is 15.3 Å². The van der Waals surface area contributed by atoms with E-state index >= 15 is 0 Å². The molecule has 4 N–H and O–H groups in total. The number of aryl methyl sites for hydroxylation is 1. The lowest BCUT2D eigenvalue weighted by Crippen LogP contribution is -2.43. The minimum Gasteiger partial charge on any atom is -0.349 e. The quantitative estimate of drug-likeness (QED) is 0.792. The summed E-state index contributed by atoms with van der Waals surface area (Å²) in [6.45, 7) is 1.64. The summed E-state index contributed by atoms with van der Waals surface area (Å²) in [5.41, 5.74) is 5.90. The van der Waals surface area contributed by atoms with Crippen molar-refractivity contribution in [3.05, 3.63) is 29.1 Å². The minimum absolute atomic E-state index is 0.0487. The number of imidazole rings is 1. The maximum atomic E-state index is 13.2. The fraction of sp³-hybridized carbons (Fsp3) is 0.529. The molecule has 2 aromatic rings. The van der Waals surface area contributed by atoms with E-state index in [-0.39, 0.29) is 35.4 Å². The number of amides is 1. The molecule has 25 heavy (non-hydrogen) atoms. The fourth-order valence-corrected chi connectivity index (χ4v) is 3.40. The van der Waals surface area contributed by atoms with E-state index in [4.69, 9.17) is 5.73 Å². The number of halogens is 3. The van der Waals surface area contributed by atoms with E-state index < -0.39 is 11.7 Å². The van der Waals surface area contributed by atoms with Crippen LogP contribution in [0.25, 0.3) is 11.0 Å². The number of alkyl halides is 3. The molecule has 5 nitrogen and oxygen atoms in total. The zero-order chi connectivity index (χ0) is 18.2. The van der Waals surface area contributed by atoms with Crippen LogP contribution in [0.2, 0.25) is 0 Å². The van der Waals surface area contributed by atoms with Crippen LogP contribution in [0.1, 0.15) is 42.6 Å². The predicted molar refractivity (Wildman–Crippen MR) is 87.6 cm³/mol. The molecule has 136 valence electrons. The van der Waals surface area contributed by atoms with Crippen LogP contribution in [0.5, 0.6) is 0 Å². The van der Waals surface area contributed by atoms with Crippen molar-refractivity contribution in [2.75, 3.05) is 0 Å². The van der Waals surface area contributed by atoms with Crippen molar-refractivity contribution in [3.8, 4) is 0 Å². The number of carbonyl (C=O) groups is 1. The number of hydrogen-bond acceptors (Lipinski definition) is 3. The highest BCUT2D eigenvalue weighted by Gasteiger charge is 2.34. The van der Waals surface area contributed by atoms with Crippen LogP contribution in [0.3, 0.4) is 0 Å². The molecule has 0 radical (unpaired) electrons. The zero-order valence-corrected chi connectivity index (χ0v) is 13.9. The van der Waals surface area contributed by atoms with Crippen molar-refractivity contribution in [2.45, 2.75) is 51.4 Å². The van der Waals surface area contributed by atoms with Crippen LogP contribution in [-0.2, 0) is 17.5 Å². The lowest BCUT2D eigenvalue weighted by Gasteiger charge is -2.27. The lowest BCUT2D eigenvalue weighted by molar-refractivity contribution is -0.136. The summed E-state index contributed by atoms with van der Waals surface area (Å²) in [6, 6.07) is 2.51. The van der Waals surface area contributed by atoms with Gasteiger partial charge in [0.1, 0.15) is 5.82 Å². The van der Waals surface area contributed by atoms with Crippen LogP contribution in [0, 0.1) is 12.8 Å². The number of aromatic nitrogens is 2. The standard InChI is InChI=1S/C17H21F3N4O/c1-9-6-11(17(18,19)20)15-13(7-9)23-14(24-15)8-22-16(25)10-4-2-3-5-12(10)21/h6-7,10,12H,2-5,8,21H2,1H3,(H,22,25)(H,23,24)/t10-,12-/m1/s1. The van der Waals surface area contributed by atoms with Gasteiger partial charge in [0.05, 0.1) is 29.1 Å². The highest BCUT2D eigenvalue weighted by Crippen LogP contribution is 2.34. The summed E-state index contributed by atoms with van der Waals surface area (Å²) in [6.07, 6.45) is -0.924. The molecule has 0 spiro atoms. The van der Waals surface area contributed by atoms with Crippen LogP contribution in [0.15, 0.2) is 12.1 Å². The second kappa shape index (κ2) is 6.67. The van der Waals surface area contributed by atoms with Crippen LogP contribution >= 0.6 is 0 Å². The number of nitrogens with two attached hydrogens (primary N) is 1. The molecule has 1 fully saturated rings. The second-order valence-corrected chi connectivity index (χ2v) is 6.66. The van der Waals surface area contributed by atoms with Gasteiger partial charge in [-0.25, -0.2) is 4.98 Å². The Bertz CT molecular complexity index is 784. The Morgan fingerprint density at radius 3 is 2.76 bits per heavy atom. The molecule has 1 aliphatic rings. The third-order valence-corrected chi connectivity index (χ3v) is 4.68. The Hall–Kier alpha value is -2.09. The molecule has 0 unspecified atom stereocenters. The molecule has 0 saturated heterocycles. The Morgan fingerprint density at radius 2 is 2.08 bits per heavy atom. The molecule has 1 heterocycles. The fourth-order valence-electron chi connectivity index (χ4n) is 3.40. The average molecular weight is 354 g/mol. The lowest BCUT2D eigenvalue weighted by atomic mass is 9.84. The average Bonchev–Trinajstić information content (AvgIpc) is 2.93. The van der Waals surface area contributed by atoms with Crippen molar-refractivity contribution < 1.29 is 18.0 Å². The summed E-state index contributed by atoms with van der Waals surface area (Å²) in [5.74, 6) is -0.116. The predicted octanol–water partition coefficient (Wildman–Crippen LogP) is 3.02. The van der Waals surface area contributed by atoms with Crippen LogP contribution in [0.4, 0.5) is 13.2 Å². The molecule has 1 saturated carbocycles. The molecule has 3 rings (SSSR count). The summed E-state index contributed by atoms with van der Waals surface area (Å²) < 4.78 is 39.5. The first-order valence-electron chi connectivity index (χ1n) is 8.35. The number of nitrogens with zero attached hydrogens (tertiary/aromatic N) is 1. The number of fused-ring (bicyclic) bond motifs is 1. The van der Waals surface area contributed by atoms with Gasteiger partial charge in [-0.3, -0.25) is 4.79 Å². The molecule has 1 aliphatic carbocycles. The molecular weight excluding hydrogens is 333 g/mol. The summed E-state index contributed by atoms with van der Waals surface area (Å²) in [7, 11) is 0. The molecule has 1 amide bonds. The topological polar surface area (TPSA) is 83.8 Å². The van der Waals surface area contributed by atoms with E-state index in [1.807, 2.05) is 0 Å². The Morgan fingerprint density at radius 1 is 1.36 bits per heavy atom. The maximum Gasteiger partial charge on any atom is 0.418 e. The van der Waals surface area contributed by atoms with E-state index in [9.17, 15) is 18.0 Å². The minimum atomic E-state index is -4.47. The van der Waals surface area contributed by atoms with E-state index in [0.29, 0.717) is 11.4 Å². The highest BCUT2D eigenvalue weighted by molar-refractivity contribution is 5.81. The molecule has 0 bridgehead atoms. The third-order valence-electron chi connectivity index (χ3n) is 4.68. The number of nitrogens with one attached hydrogen (secondary N) is 2. The van der Waals surface area contributed by atoms with Gasteiger partial charge in [-0.15, -0.1) is 0 Å². The number of aromatic amines is 1. The van der Waals surface area contributed by atoms with Gasteiger partial charge in [0.2, 0.25) is 5.91 Å². The van der Waals surface area contributed by atoms with E-state index in [0.717, 1.165) is 31.7 Å². The smallest absolute Gasteiger partial charge is 0.349 e. The highest BCUT2D eigenvalue weighted by atomic mass is 19.4. The number of H-pyrrole nitrogens is 1. The maximum absolute atomic E-state index is 13.2. The van der Waals surface area contributed by atoms with Gasteiger partial charge in [0.15, 0.2) is 0 Å². The van der Waals surface area contributed by atoms with Crippen molar-refractivity contribution >= 4 is 16.9 Å². The monoisotopic (exact) mass is 354 g/mol. The summed E-state index contributed by atoms with van der Waals surface area (Å²) in [4.78, 5) is 19.1. The largest absolute Gasteiger partial charge is 0.418 e. The van der Waals surface area contributed by atoms with Gasteiger partial charge in [0.25, 0.3) is 0 Å². The van der Waals surface area contributed by atoms with Gasteiger partial charge < -0.3 is 16.0 Å². The Balaban J connectivity index is 1.77. The molecular formula is C17H21F3N4O. The first kappa shape index (κ1) is 17.7. The van der Waals surface area contributed by atoms with Crippen molar-refractivity contribution in [2.24, 2.45) is 11.7 Å². The first-order chi connectivity index (χ1) is 11.8. The summed E-state index contributed by atoms with van der Waals surface area (Å²) >= 11 is 0. The van der Waals surface area contributed by atoms with Crippen molar-refractivity contribution in [1.29, 1.82) is 0 Å². The van der Waals surface area contributed by atoms with E-state index in [1.54, 1.807) is 13.0 Å². The van der Waals surface area contributed by atoms with Crippen molar-refractivity contribution in [1.82, 2.24) is 15.3 Å². The number of hydrogen-bond donors (Lipinski definition) is 3. The molecule has 2 atom stereocenters. The Labute approximate surface area is 143 Å². The molecule has 8 heteroatoms. The summed E-state index contributed by atoms with van der Waals surface area (Å²) in [5, 5.41) is 2.74. The van der Waals surface area contributed by atoms with Gasteiger partial charge in [-0.1, -0.05) is 12.8 Å². The van der Waals surface area contributed by atoms with Gasteiger partial charge in [0, 0.05) is 6.04 Å². The number of benzene rings is 1. The van der Waals surface area contributed by atoms with Gasteiger partial charge in [-0.05, 0) is 37.5 Å². The SMILES string of the molecule is Cc1cc(C(F)(F)F)c2[nH]c(CNC(=O)[C@@H]3CCCC[C@H]3N)nc2c1. The van der Waals surface area contributed by atoms with Crippen LogP contribution in [-0.4, -0.2) is 21.9 Å². The van der Waals surface area contributed by atoms with Crippen molar-refractivity contribution in [3.63, 3.8) is 0 Å². The van der Waals surface area contributed by atoms with E-state index in [1.165, 1.54) is 0 Å². The molecule has 0 aliphatic heterocycles. The van der Waals surface area contributed by atoms with Gasteiger partial charge >= 0.3 is 6.18 Å². The third kappa shape index (κ3) is 3.78.